The summed E-state index contributed by atoms with van der Waals surface area (Å²) in [6, 6.07) is 8.66. The Morgan fingerprint density at radius 1 is 1.09 bits per heavy atom. The monoisotopic (exact) mass is 312 g/mol. The molecule has 0 fully saturated rings. The Balaban J connectivity index is 2.19. The third kappa shape index (κ3) is 4.88. The molecule has 1 aromatic heterocycles. The molecular formula is C17H20N4O2. The van der Waals surface area contributed by atoms with Gasteiger partial charge in [-0.05, 0) is 39.8 Å². The minimum atomic E-state index is -0.342. The Hall–Kier alpha value is -2.76. The van der Waals surface area contributed by atoms with Gasteiger partial charge < -0.3 is 10.6 Å². The fraction of sp³-hybridized carbons (Fsp3) is 0.294. The highest BCUT2D eigenvalue weighted by Crippen LogP contribution is 2.17. The van der Waals surface area contributed by atoms with Crippen molar-refractivity contribution >= 4 is 23.2 Å². The van der Waals surface area contributed by atoms with Crippen molar-refractivity contribution in [3.63, 3.8) is 0 Å². The largest absolute Gasteiger partial charge is 0.346 e. The van der Waals surface area contributed by atoms with Crippen LogP contribution in [-0.2, 0) is 0 Å². The van der Waals surface area contributed by atoms with Crippen molar-refractivity contribution in [3.8, 4) is 0 Å². The number of benzene rings is 1. The SMILES string of the molecule is CC(=O)c1cccc(Nc2cc(C(=O)NC(C)(C)C)ncn2)c1. The molecule has 0 aliphatic rings. The summed E-state index contributed by atoms with van der Waals surface area (Å²) in [5.41, 5.74) is 1.26. The first kappa shape index (κ1) is 16.6. The number of carbonyl (C=O) groups is 2. The van der Waals surface area contributed by atoms with E-state index in [1.54, 1.807) is 24.3 Å². The zero-order valence-electron chi connectivity index (χ0n) is 13.7. The average Bonchev–Trinajstić information content (AvgIpc) is 2.46. The summed E-state index contributed by atoms with van der Waals surface area (Å²) < 4.78 is 0. The quantitative estimate of drug-likeness (QED) is 0.848. The lowest BCUT2D eigenvalue weighted by Gasteiger charge is -2.20. The van der Waals surface area contributed by atoms with E-state index in [1.165, 1.54) is 13.3 Å². The van der Waals surface area contributed by atoms with E-state index < -0.39 is 0 Å². The average molecular weight is 312 g/mol. The van der Waals surface area contributed by atoms with Gasteiger partial charge in [0.2, 0.25) is 0 Å². The number of amides is 1. The molecule has 23 heavy (non-hydrogen) atoms. The van der Waals surface area contributed by atoms with Gasteiger partial charge in [-0.15, -0.1) is 0 Å². The molecule has 1 aromatic carbocycles. The van der Waals surface area contributed by atoms with Crippen LogP contribution in [0.2, 0.25) is 0 Å². The van der Waals surface area contributed by atoms with Gasteiger partial charge in [0.15, 0.2) is 5.78 Å². The van der Waals surface area contributed by atoms with Crippen LogP contribution in [0.1, 0.15) is 48.5 Å². The minimum Gasteiger partial charge on any atom is -0.346 e. The van der Waals surface area contributed by atoms with Crippen molar-refractivity contribution < 1.29 is 9.59 Å². The Labute approximate surface area is 135 Å². The lowest BCUT2D eigenvalue weighted by atomic mass is 10.1. The molecule has 2 rings (SSSR count). The summed E-state index contributed by atoms with van der Waals surface area (Å²) in [5.74, 6) is 0.210. The van der Waals surface area contributed by atoms with E-state index in [9.17, 15) is 9.59 Å². The summed E-state index contributed by atoms with van der Waals surface area (Å²) >= 11 is 0. The van der Waals surface area contributed by atoms with Crippen molar-refractivity contribution in [1.82, 2.24) is 15.3 Å². The number of nitrogens with zero attached hydrogens (tertiary/aromatic N) is 2. The lowest BCUT2D eigenvalue weighted by Crippen LogP contribution is -2.40. The smallest absolute Gasteiger partial charge is 0.270 e. The van der Waals surface area contributed by atoms with Crippen LogP contribution in [0.15, 0.2) is 36.7 Å². The highest BCUT2D eigenvalue weighted by atomic mass is 16.2. The zero-order chi connectivity index (χ0) is 17.0. The van der Waals surface area contributed by atoms with Gasteiger partial charge >= 0.3 is 0 Å². The molecule has 0 aliphatic heterocycles. The van der Waals surface area contributed by atoms with Crippen LogP contribution < -0.4 is 10.6 Å². The number of nitrogens with one attached hydrogen (secondary N) is 2. The van der Waals surface area contributed by atoms with Crippen LogP contribution in [0.25, 0.3) is 0 Å². The standard InChI is InChI=1S/C17H20N4O2/c1-11(22)12-6-5-7-13(8-12)20-15-9-14(18-10-19-15)16(23)21-17(2,3)4/h5-10H,1-4H3,(H,21,23)(H,18,19,20). The molecule has 0 bridgehead atoms. The lowest BCUT2D eigenvalue weighted by molar-refractivity contribution is 0.0913. The van der Waals surface area contributed by atoms with E-state index in [0.717, 1.165) is 5.69 Å². The topological polar surface area (TPSA) is 84.0 Å². The minimum absolute atomic E-state index is 0.0124. The third-order valence-electron chi connectivity index (χ3n) is 2.93. The second-order valence-electron chi connectivity index (χ2n) is 6.25. The summed E-state index contributed by atoms with van der Waals surface area (Å²) in [7, 11) is 0. The summed E-state index contributed by atoms with van der Waals surface area (Å²) in [6.45, 7) is 7.22. The molecule has 0 saturated heterocycles. The predicted molar refractivity (Wildman–Crippen MR) is 89.0 cm³/mol. The Morgan fingerprint density at radius 3 is 2.48 bits per heavy atom. The van der Waals surface area contributed by atoms with Crippen molar-refractivity contribution in [2.75, 3.05) is 5.32 Å². The van der Waals surface area contributed by atoms with Gasteiger partial charge in [0, 0.05) is 22.9 Å². The second kappa shape index (κ2) is 6.56. The van der Waals surface area contributed by atoms with Gasteiger partial charge in [-0.3, -0.25) is 9.59 Å². The molecular weight excluding hydrogens is 292 g/mol. The number of anilines is 2. The van der Waals surface area contributed by atoms with E-state index in [-0.39, 0.29) is 22.9 Å². The molecule has 2 N–H and O–H groups in total. The van der Waals surface area contributed by atoms with E-state index in [4.69, 9.17) is 0 Å². The maximum atomic E-state index is 12.1. The van der Waals surface area contributed by atoms with Crippen molar-refractivity contribution in [2.24, 2.45) is 0 Å². The number of aromatic nitrogens is 2. The molecule has 6 heteroatoms. The highest BCUT2D eigenvalue weighted by Gasteiger charge is 2.16. The summed E-state index contributed by atoms with van der Waals surface area (Å²) in [6.07, 6.45) is 1.33. The Morgan fingerprint density at radius 2 is 1.83 bits per heavy atom. The van der Waals surface area contributed by atoms with E-state index >= 15 is 0 Å². The fourth-order valence-electron chi connectivity index (χ4n) is 1.92. The zero-order valence-corrected chi connectivity index (χ0v) is 13.7. The number of rotatable bonds is 4. The molecule has 0 spiro atoms. The molecule has 0 atom stereocenters. The van der Waals surface area contributed by atoms with Crippen LogP contribution in [0.3, 0.4) is 0 Å². The molecule has 0 unspecified atom stereocenters. The molecule has 0 saturated carbocycles. The van der Waals surface area contributed by atoms with Crippen LogP contribution in [0, 0.1) is 0 Å². The van der Waals surface area contributed by atoms with Crippen molar-refractivity contribution in [1.29, 1.82) is 0 Å². The molecule has 6 nitrogen and oxygen atoms in total. The van der Waals surface area contributed by atoms with Gasteiger partial charge in [-0.2, -0.15) is 0 Å². The summed E-state index contributed by atoms with van der Waals surface area (Å²) in [5, 5.41) is 5.92. The molecule has 2 aromatic rings. The van der Waals surface area contributed by atoms with E-state index in [1.807, 2.05) is 26.8 Å². The number of hydrogen-bond donors (Lipinski definition) is 2. The van der Waals surface area contributed by atoms with Crippen LogP contribution >= 0.6 is 0 Å². The summed E-state index contributed by atoms with van der Waals surface area (Å²) in [4.78, 5) is 31.6. The first-order chi connectivity index (χ1) is 10.7. The van der Waals surface area contributed by atoms with Crippen LogP contribution in [0.4, 0.5) is 11.5 Å². The Kier molecular flexibility index (Phi) is 4.74. The molecule has 1 heterocycles. The van der Waals surface area contributed by atoms with Crippen LogP contribution in [-0.4, -0.2) is 27.2 Å². The molecule has 1 amide bonds. The van der Waals surface area contributed by atoms with Gasteiger partial charge in [0.1, 0.15) is 17.8 Å². The van der Waals surface area contributed by atoms with Gasteiger partial charge in [0.05, 0.1) is 0 Å². The maximum absolute atomic E-state index is 12.1. The number of ketones is 1. The van der Waals surface area contributed by atoms with Gasteiger partial charge in [0.25, 0.3) is 5.91 Å². The highest BCUT2D eigenvalue weighted by molar-refractivity contribution is 5.95. The Bertz CT molecular complexity index is 735. The molecule has 0 radical (unpaired) electrons. The fourth-order valence-corrected chi connectivity index (χ4v) is 1.92. The van der Waals surface area contributed by atoms with Crippen LogP contribution in [0.5, 0.6) is 0 Å². The number of carbonyl (C=O) groups excluding carboxylic acids is 2. The first-order valence-corrected chi connectivity index (χ1v) is 7.27. The number of Topliss-reactive ketones (excluding diaryl/α,β-unsaturated/α-hetero) is 1. The van der Waals surface area contributed by atoms with Crippen molar-refractivity contribution in [3.05, 3.63) is 47.9 Å². The van der Waals surface area contributed by atoms with Crippen molar-refractivity contribution in [2.45, 2.75) is 33.2 Å². The second-order valence-corrected chi connectivity index (χ2v) is 6.25. The van der Waals surface area contributed by atoms with Gasteiger partial charge in [-0.25, -0.2) is 9.97 Å². The third-order valence-corrected chi connectivity index (χ3v) is 2.93. The molecule has 0 aliphatic carbocycles. The van der Waals surface area contributed by atoms with Gasteiger partial charge in [-0.1, -0.05) is 12.1 Å². The predicted octanol–water partition coefficient (Wildman–Crippen LogP) is 2.95. The van der Waals surface area contributed by atoms with E-state index in [0.29, 0.717) is 11.4 Å². The molecule has 120 valence electrons. The van der Waals surface area contributed by atoms with E-state index in [2.05, 4.69) is 20.6 Å². The normalized spacial score (nSPS) is 11.0. The maximum Gasteiger partial charge on any atom is 0.270 e. The number of hydrogen-bond acceptors (Lipinski definition) is 5. The first-order valence-electron chi connectivity index (χ1n) is 7.27.